The zero-order chi connectivity index (χ0) is 15.7. The quantitative estimate of drug-likeness (QED) is 0.721. The lowest BCUT2D eigenvalue weighted by Crippen LogP contribution is -1.94. The van der Waals surface area contributed by atoms with Crippen LogP contribution in [0.3, 0.4) is 0 Å². The summed E-state index contributed by atoms with van der Waals surface area (Å²) in [6.07, 6.45) is 5.08. The zero-order valence-electron chi connectivity index (χ0n) is 11.6. The third kappa shape index (κ3) is 2.45. The van der Waals surface area contributed by atoms with Crippen LogP contribution < -0.4 is 0 Å². The van der Waals surface area contributed by atoms with E-state index in [0.29, 0.717) is 5.02 Å². The first-order valence-electron chi connectivity index (χ1n) is 6.46. The van der Waals surface area contributed by atoms with Crippen molar-refractivity contribution in [1.82, 2.24) is 14.8 Å². The van der Waals surface area contributed by atoms with Gasteiger partial charge in [-0.2, -0.15) is 10.4 Å². The fraction of sp³-hybridized carbons (Fsp3) is 0.0625. The zero-order valence-corrected chi connectivity index (χ0v) is 12.3. The number of hydrogen-bond acceptors (Lipinski definition) is 3. The van der Waals surface area contributed by atoms with Crippen LogP contribution in [0.2, 0.25) is 5.02 Å². The maximum absolute atomic E-state index is 13.0. The van der Waals surface area contributed by atoms with Crippen molar-refractivity contribution in [3.8, 4) is 22.9 Å². The van der Waals surface area contributed by atoms with Crippen LogP contribution in [0.5, 0.6) is 0 Å². The third-order valence-corrected chi connectivity index (χ3v) is 3.82. The molecule has 3 rings (SSSR count). The van der Waals surface area contributed by atoms with E-state index in [1.165, 1.54) is 12.1 Å². The maximum atomic E-state index is 13.0. The van der Waals surface area contributed by atoms with Crippen LogP contribution in [0.25, 0.3) is 16.8 Å². The van der Waals surface area contributed by atoms with Crippen LogP contribution in [0, 0.1) is 24.1 Å². The molecule has 0 aliphatic carbocycles. The third-order valence-electron chi connectivity index (χ3n) is 3.35. The molecule has 3 aromatic rings. The predicted octanol–water partition coefficient (Wildman–Crippen LogP) is 3.91. The van der Waals surface area contributed by atoms with Crippen LogP contribution in [0.1, 0.15) is 11.3 Å². The number of nitriles is 1. The minimum absolute atomic E-state index is 0.203. The first-order chi connectivity index (χ1) is 10.6. The average molecular weight is 313 g/mol. The Balaban J connectivity index is 2.03. The standard InChI is InChI=1S/C16H10ClFN4/c1-10-14(8-20-15(6-19)16(10)17)11-7-21-22(9-11)13-4-2-12(18)3-5-13/h2-5,7-9H,1H3. The van der Waals surface area contributed by atoms with E-state index in [0.717, 1.165) is 22.4 Å². The normalized spacial score (nSPS) is 10.5. The number of pyridine rings is 1. The molecular formula is C16H10ClFN4. The van der Waals surface area contributed by atoms with Crippen molar-refractivity contribution in [1.29, 1.82) is 5.26 Å². The predicted molar refractivity (Wildman–Crippen MR) is 81.2 cm³/mol. The number of nitrogens with zero attached hydrogens (tertiary/aromatic N) is 4. The molecule has 22 heavy (non-hydrogen) atoms. The molecular weight excluding hydrogens is 303 g/mol. The molecule has 2 heterocycles. The average Bonchev–Trinajstić information content (AvgIpc) is 3.00. The second-order valence-electron chi connectivity index (χ2n) is 4.72. The summed E-state index contributed by atoms with van der Waals surface area (Å²) >= 11 is 6.14. The van der Waals surface area contributed by atoms with Crippen LogP contribution >= 0.6 is 11.6 Å². The minimum Gasteiger partial charge on any atom is -0.243 e. The van der Waals surface area contributed by atoms with Crippen molar-refractivity contribution in [3.05, 3.63) is 65.0 Å². The summed E-state index contributed by atoms with van der Waals surface area (Å²) in [5.41, 5.74) is 3.34. The summed E-state index contributed by atoms with van der Waals surface area (Å²) in [4.78, 5) is 4.05. The molecule has 0 radical (unpaired) electrons. The van der Waals surface area contributed by atoms with Crippen molar-refractivity contribution in [2.75, 3.05) is 0 Å². The van der Waals surface area contributed by atoms with Crippen LogP contribution in [-0.4, -0.2) is 14.8 Å². The molecule has 0 bridgehead atoms. The summed E-state index contributed by atoms with van der Waals surface area (Å²) in [7, 11) is 0. The van der Waals surface area contributed by atoms with E-state index in [1.54, 1.807) is 35.4 Å². The Morgan fingerprint density at radius 1 is 1.23 bits per heavy atom. The highest BCUT2D eigenvalue weighted by atomic mass is 35.5. The molecule has 0 aliphatic heterocycles. The lowest BCUT2D eigenvalue weighted by Gasteiger charge is -2.05. The monoisotopic (exact) mass is 312 g/mol. The molecule has 4 nitrogen and oxygen atoms in total. The number of benzene rings is 1. The van der Waals surface area contributed by atoms with Crippen LogP contribution in [0.4, 0.5) is 4.39 Å². The van der Waals surface area contributed by atoms with E-state index < -0.39 is 0 Å². The first kappa shape index (κ1) is 14.2. The summed E-state index contributed by atoms with van der Waals surface area (Å²) in [6, 6.07) is 7.99. The van der Waals surface area contributed by atoms with Gasteiger partial charge in [0.25, 0.3) is 0 Å². The van der Waals surface area contributed by atoms with Gasteiger partial charge in [0.2, 0.25) is 0 Å². The van der Waals surface area contributed by atoms with Gasteiger partial charge in [0.1, 0.15) is 11.9 Å². The SMILES string of the molecule is Cc1c(-c2cnn(-c3ccc(F)cc3)c2)cnc(C#N)c1Cl. The van der Waals surface area contributed by atoms with E-state index in [-0.39, 0.29) is 11.5 Å². The summed E-state index contributed by atoms with van der Waals surface area (Å²) < 4.78 is 14.6. The van der Waals surface area contributed by atoms with Gasteiger partial charge in [-0.05, 0) is 36.8 Å². The Bertz CT molecular complexity index is 878. The molecule has 0 aliphatic rings. The van der Waals surface area contributed by atoms with Crippen LogP contribution in [0.15, 0.2) is 42.9 Å². The topological polar surface area (TPSA) is 54.5 Å². The molecule has 2 aromatic heterocycles. The molecule has 0 N–H and O–H groups in total. The Labute approximate surface area is 131 Å². The second-order valence-corrected chi connectivity index (χ2v) is 5.10. The first-order valence-corrected chi connectivity index (χ1v) is 6.84. The van der Waals surface area contributed by atoms with Crippen LogP contribution in [-0.2, 0) is 0 Å². The van der Waals surface area contributed by atoms with E-state index in [4.69, 9.17) is 16.9 Å². The number of rotatable bonds is 2. The van der Waals surface area contributed by atoms with Gasteiger partial charge >= 0.3 is 0 Å². The molecule has 0 spiro atoms. The smallest absolute Gasteiger partial charge is 0.159 e. The van der Waals surface area contributed by atoms with Gasteiger partial charge in [0.15, 0.2) is 5.69 Å². The highest BCUT2D eigenvalue weighted by Gasteiger charge is 2.12. The fourth-order valence-electron chi connectivity index (χ4n) is 2.14. The maximum Gasteiger partial charge on any atom is 0.159 e. The van der Waals surface area contributed by atoms with Gasteiger partial charge in [0, 0.05) is 23.5 Å². The minimum atomic E-state index is -0.296. The van der Waals surface area contributed by atoms with E-state index in [9.17, 15) is 4.39 Å². The van der Waals surface area contributed by atoms with Gasteiger partial charge in [0.05, 0.1) is 16.9 Å². The molecule has 6 heteroatoms. The summed E-state index contributed by atoms with van der Waals surface area (Å²) in [5, 5.41) is 13.5. The lowest BCUT2D eigenvalue weighted by atomic mass is 10.1. The van der Waals surface area contributed by atoms with Crippen molar-refractivity contribution in [3.63, 3.8) is 0 Å². The van der Waals surface area contributed by atoms with Crippen molar-refractivity contribution >= 4 is 11.6 Å². The lowest BCUT2D eigenvalue weighted by molar-refractivity contribution is 0.627. The summed E-state index contributed by atoms with van der Waals surface area (Å²) in [6.45, 7) is 1.83. The Hall–Kier alpha value is -2.71. The molecule has 0 fully saturated rings. The van der Waals surface area contributed by atoms with Crippen molar-refractivity contribution in [2.45, 2.75) is 6.92 Å². The van der Waals surface area contributed by atoms with Crippen molar-refractivity contribution < 1.29 is 4.39 Å². The Morgan fingerprint density at radius 3 is 2.64 bits per heavy atom. The number of hydrogen-bond donors (Lipinski definition) is 0. The molecule has 0 saturated carbocycles. The van der Waals surface area contributed by atoms with E-state index in [1.807, 2.05) is 13.0 Å². The molecule has 0 atom stereocenters. The molecule has 0 saturated heterocycles. The molecule has 0 amide bonds. The van der Waals surface area contributed by atoms with Gasteiger partial charge < -0.3 is 0 Å². The Morgan fingerprint density at radius 2 is 1.95 bits per heavy atom. The second kappa shape index (κ2) is 5.58. The van der Waals surface area contributed by atoms with Gasteiger partial charge in [-0.15, -0.1) is 0 Å². The fourth-order valence-corrected chi connectivity index (χ4v) is 2.34. The summed E-state index contributed by atoms with van der Waals surface area (Å²) in [5.74, 6) is -0.296. The molecule has 1 aromatic carbocycles. The van der Waals surface area contributed by atoms with Crippen molar-refractivity contribution in [2.24, 2.45) is 0 Å². The molecule has 0 unspecified atom stereocenters. The van der Waals surface area contributed by atoms with E-state index in [2.05, 4.69) is 10.1 Å². The number of halogens is 2. The Kier molecular flexibility index (Phi) is 3.61. The van der Waals surface area contributed by atoms with Gasteiger partial charge in [-0.3, -0.25) is 0 Å². The molecule has 108 valence electrons. The highest BCUT2D eigenvalue weighted by molar-refractivity contribution is 6.32. The van der Waals surface area contributed by atoms with E-state index >= 15 is 0 Å². The highest BCUT2D eigenvalue weighted by Crippen LogP contribution is 2.29. The number of aromatic nitrogens is 3. The largest absolute Gasteiger partial charge is 0.243 e. The van der Waals surface area contributed by atoms with Gasteiger partial charge in [-0.1, -0.05) is 11.6 Å². The van der Waals surface area contributed by atoms with Gasteiger partial charge in [-0.25, -0.2) is 14.1 Å².